The first kappa shape index (κ1) is 14.2. The molecule has 0 fully saturated rings. The van der Waals surface area contributed by atoms with E-state index in [1.807, 2.05) is 0 Å². The highest BCUT2D eigenvalue weighted by Gasteiger charge is 2.11. The van der Waals surface area contributed by atoms with Gasteiger partial charge in [-0.2, -0.15) is 0 Å². The van der Waals surface area contributed by atoms with Gasteiger partial charge in [0.05, 0.1) is 12.9 Å². The summed E-state index contributed by atoms with van der Waals surface area (Å²) in [5.41, 5.74) is 1.61. The van der Waals surface area contributed by atoms with E-state index in [1.165, 1.54) is 0 Å². The molecule has 2 rings (SSSR count). The number of H-pyrrole nitrogens is 1. The third-order valence-corrected chi connectivity index (χ3v) is 3.81. The zero-order chi connectivity index (χ0) is 13.5. The summed E-state index contributed by atoms with van der Waals surface area (Å²) in [7, 11) is 1.73. The molecule has 7 heteroatoms. The van der Waals surface area contributed by atoms with E-state index in [1.54, 1.807) is 31.5 Å². The normalized spacial score (nSPS) is 12.9. The van der Waals surface area contributed by atoms with Gasteiger partial charge in [0.15, 0.2) is 5.65 Å². The summed E-state index contributed by atoms with van der Waals surface area (Å²) in [5.74, 6) is 0.902. The molecule has 0 radical (unpaired) electrons. The van der Waals surface area contributed by atoms with Gasteiger partial charge in [-0.15, -0.1) is 11.8 Å². The minimum Gasteiger partial charge on any atom is -0.383 e. The first-order valence-electron chi connectivity index (χ1n) is 6.34. The number of rotatable bonds is 8. The van der Waals surface area contributed by atoms with E-state index in [9.17, 15) is 0 Å². The molecule has 104 valence electrons. The summed E-state index contributed by atoms with van der Waals surface area (Å²) < 4.78 is 5.23. The first-order chi connectivity index (χ1) is 9.35. The molecule has 1 atom stereocenters. The molecule has 6 nitrogen and oxygen atoms in total. The van der Waals surface area contributed by atoms with Crippen LogP contribution in [0, 0.1) is 0 Å². The lowest BCUT2D eigenvalue weighted by Crippen LogP contribution is -2.35. The summed E-state index contributed by atoms with van der Waals surface area (Å²) in [6, 6.07) is 0.322. The zero-order valence-corrected chi connectivity index (χ0v) is 12.0. The lowest BCUT2D eigenvalue weighted by Gasteiger charge is -2.16. The van der Waals surface area contributed by atoms with Crippen molar-refractivity contribution in [3.05, 3.63) is 12.7 Å². The Morgan fingerprint density at radius 3 is 3.11 bits per heavy atom. The summed E-state index contributed by atoms with van der Waals surface area (Å²) in [5, 5.41) is 4.40. The maximum absolute atomic E-state index is 5.23. The number of ether oxygens (including phenoxy) is 1. The molecule has 0 aliphatic rings. The Balaban J connectivity index is 1.97. The van der Waals surface area contributed by atoms with Crippen LogP contribution in [-0.2, 0) is 4.74 Å². The van der Waals surface area contributed by atoms with Crippen LogP contribution in [0.3, 0.4) is 0 Å². The van der Waals surface area contributed by atoms with Crippen LogP contribution in [0.2, 0.25) is 0 Å². The summed E-state index contributed by atoms with van der Waals surface area (Å²) in [6.07, 6.45) is 4.31. The number of thioether (sulfide) groups is 1. The Morgan fingerprint density at radius 1 is 1.42 bits per heavy atom. The standard InChI is InChI=1S/C12H19N5OS/c1-3-4-13-9(5-18-2)6-19-12-10-11(15-7-14-10)16-8-17-12/h7-9,13H,3-6H2,1-2H3,(H,14,15,16,17). The maximum atomic E-state index is 5.23. The maximum Gasteiger partial charge on any atom is 0.181 e. The van der Waals surface area contributed by atoms with Gasteiger partial charge < -0.3 is 15.0 Å². The second-order valence-electron chi connectivity index (χ2n) is 4.20. The van der Waals surface area contributed by atoms with Gasteiger partial charge in [-0.1, -0.05) is 6.92 Å². The number of hydrogen-bond acceptors (Lipinski definition) is 6. The van der Waals surface area contributed by atoms with Gasteiger partial charge in [-0.05, 0) is 13.0 Å². The van der Waals surface area contributed by atoms with Gasteiger partial charge in [0.1, 0.15) is 16.9 Å². The van der Waals surface area contributed by atoms with Crippen molar-refractivity contribution in [2.75, 3.05) is 26.0 Å². The molecule has 0 bridgehead atoms. The van der Waals surface area contributed by atoms with E-state index in [4.69, 9.17) is 4.74 Å². The third-order valence-electron chi connectivity index (χ3n) is 2.66. The van der Waals surface area contributed by atoms with Gasteiger partial charge in [0.25, 0.3) is 0 Å². The van der Waals surface area contributed by atoms with Crippen LogP contribution in [0.5, 0.6) is 0 Å². The fraction of sp³-hybridized carbons (Fsp3) is 0.583. The molecule has 0 saturated carbocycles. The van der Waals surface area contributed by atoms with E-state index in [2.05, 4.69) is 32.2 Å². The molecule has 0 saturated heterocycles. The highest BCUT2D eigenvalue weighted by Crippen LogP contribution is 2.22. The van der Waals surface area contributed by atoms with E-state index in [-0.39, 0.29) is 0 Å². The van der Waals surface area contributed by atoms with Crippen LogP contribution in [0.25, 0.3) is 11.2 Å². The molecule has 2 N–H and O–H groups in total. The number of aromatic amines is 1. The fourth-order valence-electron chi connectivity index (χ4n) is 1.75. The molecule has 2 aromatic heterocycles. The Hall–Kier alpha value is -1.18. The van der Waals surface area contributed by atoms with Gasteiger partial charge in [0, 0.05) is 18.9 Å². The van der Waals surface area contributed by atoms with Crippen LogP contribution < -0.4 is 5.32 Å². The Kier molecular flexibility index (Phi) is 5.56. The minimum absolute atomic E-state index is 0.322. The second kappa shape index (κ2) is 7.42. The van der Waals surface area contributed by atoms with Crippen molar-refractivity contribution in [2.24, 2.45) is 0 Å². The number of aromatic nitrogens is 4. The van der Waals surface area contributed by atoms with Gasteiger partial charge >= 0.3 is 0 Å². The molecular weight excluding hydrogens is 262 g/mol. The lowest BCUT2D eigenvalue weighted by molar-refractivity contribution is 0.174. The van der Waals surface area contributed by atoms with Crippen molar-refractivity contribution < 1.29 is 4.74 Å². The molecule has 0 aliphatic carbocycles. The molecule has 2 heterocycles. The van der Waals surface area contributed by atoms with Crippen LogP contribution in [0.4, 0.5) is 0 Å². The molecule has 0 spiro atoms. The molecule has 19 heavy (non-hydrogen) atoms. The van der Waals surface area contributed by atoms with Crippen LogP contribution in [-0.4, -0.2) is 52.0 Å². The average molecular weight is 281 g/mol. The highest BCUT2D eigenvalue weighted by atomic mass is 32.2. The predicted molar refractivity (Wildman–Crippen MR) is 76.4 cm³/mol. The number of fused-ring (bicyclic) bond motifs is 1. The Bertz CT molecular complexity index is 504. The van der Waals surface area contributed by atoms with Gasteiger partial charge in [-0.3, -0.25) is 0 Å². The number of imidazole rings is 1. The summed E-state index contributed by atoms with van der Waals surface area (Å²) in [6.45, 7) is 3.85. The van der Waals surface area contributed by atoms with Crippen molar-refractivity contribution in [3.8, 4) is 0 Å². The van der Waals surface area contributed by atoms with Crippen LogP contribution >= 0.6 is 11.8 Å². The number of nitrogens with zero attached hydrogens (tertiary/aromatic N) is 3. The van der Waals surface area contributed by atoms with Crippen LogP contribution in [0.1, 0.15) is 13.3 Å². The molecule has 0 amide bonds. The fourth-order valence-corrected chi connectivity index (χ4v) is 2.74. The predicted octanol–water partition coefficient (Wildman–Crippen LogP) is 1.46. The molecule has 2 aromatic rings. The van der Waals surface area contributed by atoms with Gasteiger partial charge in [0.2, 0.25) is 0 Å². The topological polar surface area (TPSA) is 75.7 Å². The van der Waals surface area contributed by atoms with E-state index >= 15 is 0 Å². The van der Waals surface area contributed by atoms with Crippen molar-refractivity contribution >= 4 is 22.9 Å². The van der Waals surface area contributed by atoms with E-state index in [0.717, 1.165) is 29.3 Å². The Morgan fingerprint density at radius 2 is 2.32 bits per heavy atom. The van der Waals surface area contributed by atoms with E-state index in [0.29, 0.717) is 18.3 Å². The summed E-state index contributed by atoms with van der Waals surface area (Å²) >= 11 is 1.69. The molecule has 1 unspecified atom stereocenters. The number of nitrogens with one attached hydrogen (secondary N) is 2. The zero-order valence-electron chi connectivity index (χ0n) is 11.2. The second-order valence-corrected chi connectivity index (χ2v) is 5.21. The van der Waals surface area contributed by atoms with Crippen LogP contribution in [0.15, 0.2) is 17.7 Å². The average Bonchev–Trinajstić information content (AvgIpc) is 2.90. The number of hydrogen-bond donors (Lipinski definition) is 2. The highest BCUT2D eigenvalue weighted by molar-refractivity contribution is 7.99. The SMILES string of the molecule is CCCNC(COC)CSc1ncnc2nc[nH]c12. The molecular formula is C12H19N5OS. The van der Waals surface area contributed by atoms with E-state index < -0.39 is 0 Å². The van der Waals surface area contributed by atoms with Crippen molar-refractivity contribution in [1.29, 1.82) is 0 Å². The third kappa shape index (κ3) is 3.89. The largest absolute Gasteiger partial charge is 0.383 e. The monoisotopic (exact) mass is 281 g/mol. The summed E-state index contributed by atoms with van der Waals surface area (Å²) in [4.78, 5) is 15.6. The van der Waals surface area contributed by atoms with Gasteiger partial charge in [-0.25, -0.2) is 15.0 Å². The molecule has 0 aliphatic heterocycles. The number of methoxy groups -OCH3 is 1. The van der Waals surface area contributed by atoms with Crippen molar-refractivity contribution in [1.82, 2.24) is 25.3 Å². The first-order valence-corrected chi connectivity index (χ1v) is 7.33. The Labute approximate surface area is 116 Å². The lowest BCUT2D eigenvalue weighted by atomic mass is 10.3. The molecule has 0 aromatic carbocycles. The smallest absolute Gasteiger partial charge is 0.181 e. The van der Waals surface area contributed by atoms with Crippen molar-refractivity contribution in [3.63, 3.8) is 0 Å². The quantitative estimate of drug-likeness (QED) is 0.563. The minimum atomic E-state index is 0.322. The van der Waals surface area contributed by atoms with Crippen molar-refractivity contribution in [2.45, 2.75) is 24.4 Å².